The van der Waals surface area contributed by atoms with E-state index in [1.54, 1.807) is 11.8 Å². The lowest BCUT2D eigenvalue weighted by Gasteiger charge is -2.05. The number of pyridine rings is 1. The maximum Gasteiger partial charge on any atom is 0.139 e. The average Bonchev–Trinajstić information content (AvgIpc) is 2.84. The lowest BCUT2D eigenvalue weighted by atomic mass is 10.2. The minimum Gasteiger partial charge on any atom is -0.398 e. The normalized spacial score (nSPS) is 11.1. The number of nitrogens with zero attached hydrogens (tertiary/aromatic N) is 2. The van der Waals surface area contributed by atoms with Gasteiger partial charge in [0.2, 0.25) is 0 Å². The van der Waals surface area contributed by atoms with E-state index in [0.29, 0.717) is 0 Å². The summed E-state index contributed by atoms with van der Waals surface area (Å²) in [5, 5.41) is 0. The highest BCUT2D eigenvalue weighted by atomic mass is 32.2. The molecule has 102 valence electrons. The molecule has 0 unspecified atom stereocenters. The molecule has 0 spiro atoms. The van der Waals surface area contributed by atoms with Crippen LogP contribution >= 0.6 is 11.8 Å². The molecule has 3 nitrogen and oxygen atoms in total. The minimum atomic E-state index is 0.828. The van der Waals surface area contributed by atoms with E-state index in [1.807, 2.05) is 24.4 Å². The Balaban J connectivity index is 1.83. The molecule has 0 saturated carbocycles. The molecule has 0 bridgehead atoms. The molecule has 0 amide bonds. The first-order valence-electron chi connectivity index (χ1n) is 6.55. The first kappa shape index (κ1) is 13.1. The zero-order valence-electron chi connectivity index (χ0n) is 11.6. The Hall–Kier alpha value is -1.94. The summed E-state index contributed by atoms with van der Waals surface area (Å²) in [5.41, 5.74) is 11.4. The van der Waals surface area contributed by atoms with Gasteiger partial charge in [-0.3, -0.25) is 0 Å². The van der Waals surface area contributed by atoms with E-state index in [9.17, 15) is 0 Å². The highest BCUT2D eigenvalue weighted by Gasteiger charge is 2.06. The molecule has 4 heteroatoms. The maximum atomic E-state index is 6.01. The van der Waals surface area contributed by atoms with Gasteiger partial charge in [0, 0.05) is 28.7 Å². The first-order chi connectivity index (χ1) is 9.63. The van der Waals surface area contributed by atoms with Crippen molar-refractivity contribution in [2.75, 3.05) is 5.73 Å². The summed E-state index contributed by atoms with van der Waals surface area (Å²) in [7, 11) is 0. The van der Waals surface area contributed by atoms with E-state index in [2.05, 4.69) is 41.6 Å². The Bertz CT molecular complexity index is 762. The summed E-state index contributed by atoms with van der Waals surface area (Å²) in [6, 6.07) is 10.2. The van der Waals surface area contributed by atoms with Gasteiger partial charge in [0.25, 0.3) is 0 Å². The van der Waals surface area contributed by atoms with Crippen molar-refractivity contribution in [3.05, 3.63) is 59.5 Å². The monoisotopic (exact) mass is 283 g/mol. The Morgan fingerprint density at radius 3 is 2.90 bits per heavy atom. The molecule has 0 radical (unpaired) electrons. The van der Waals surface area contributed by atoms with Crippen LogP contribution in [0.2, 0.25) is 0 Å². The van der Waals surface area contributed by atoms with Crippen LogP contribution in [0.1, 0.15) is 16.8 Å². The number of nitrogen functional groups attached to an aromatic ring is 1. The summed E-state index contributed by atoms with van der Waals surface area (Å²) in [5.74, 6) is 0.828. The van der Waals surface area contributed by atoms with Gasteiger partial charge in [-0.2, -0.15) is 0 Å². The Morgan fingerprint density at radius 1 is 1.25 bits per heavy atom. The number of thioether (sulfide) groups is 1. The third kappa shape index (κ3) is 2.51. The van der Waals surface area contributed by atoms with Gasteiger partial charge in [-0.25, -0.2) is 4.98 Å². The molecule has 0 fully saturated rings. The van der Waals surface area contributed by atoms with Gasteiger partial charge in [-0.05, 0) is 43.2 Å². The lowest BCUT2D eigenvalue weighted by Crippen LogP contribution is -1.90. The van der Waals surface area contributed by atoms with E-state index in [4.69, 9.17) is 5.73 Å². The zero-order chi connectivity index (χ0) is 14.1. The van der Waals surface area contributed by atoms with Crippen molar-refractivity contribution in [1.82, 2.24) is 9.38 Å². The number of fused-ring (bicyclic) bond motifs is 1. The second-order valence-corrected chi connectivity index (χ2v) is 6.00. The van der Waals surface area contributed by atoms with Crippen LogP contribution in [-0.2, 0) is 5.75 Å². The van der Waals surface area contributed by atoms with Crippen molar-refractivity contribution in [3.63, 3.8) is 0 Å². The SMILES string of the molecule is Cc1ccc(N)c(SCc2cn3cccc(C)c3n2)c1. The van der Waals surface area contributed by atoms with E-state index in [0.717, 1.165) is 27.7 Å². The fraction of sp³-hybridized carbons (Fsp3) is 0.188. The van der Waals surface area contributed by atoms with Crippen LogP contribution in [-0.4, -0.2) is 9.38 Å². The summed E-state index contributed by atoms with van der Waals surface area (Å²) in [6.07, 6.45) is 4.12. The molecule has 0 aliphatic heterocycles. The molecule has 1 aromatic carbocycles. The first-order valence-corrected chi connectivity index (χ1v) is 7.54. The quantitative estimate of drug-likeness (QED) is 0.587. The van der Waals surface area contributed by atoms with Crippen molar-refractivity contribution in [3.8, 4) is 0 Å². The number of anilines is 1. The Labute approximate surface area is 122 Å². The van der Waals surface area contributed by atoms with Gasteiger partial charge in [-0.15, -0.1) is 11.8 Å². The highest BCUT2D eigenvalue weighted by molar-refractivity contribution is 7.98. The summed E-state index contributed by atoms with van der Waals surface area (Å²) >= 11 is 1.73. The third-order valence-electron chi connectivity index (χ3n) is 3.27. The second-order valence-electron chi connectivity index (χ2n) is 4.98. The van der Waals surface area contributed by atoms with Crippen molar-refractivity contribution < 1.29 is 0 Å². The van der Waals surface area contributed by atoms with Crippen LogP contribution in [0.15, 0.2) is 47.6 Å². The predicted molar refractivity (Wildman–Crippen MR) is 85.1 cm³/mol. The smallest absolute Gasteiger partial charge is 0.139 e. The number of hydrogen-bond acceptors (Lipinski definition) is 3. The van der Waals surface area contributed by atoms with Gasteiger partial charge in [0.1, 0.15) is 5.65 Å². The molecule has 3 aromatic rings. The Morgan fingerprint density at radius 2 is 2.10 bits per heavy atom. The Kier molecular flexibility index (Phi) is 3.40. The topological polar surface area (TPSA) is 43.3 Å². The number of aromatic nitrogens is 2. The van der Waals surface area contributed by atoms with Gasteiger partial charge in [0.15, 0.2) is 0 Å². The number of rotatable bonds is 3. The van der Waals surface area contributed by atoms with E-state index >= 15 is 0 Å². The molecular weight excluding hydrogens is 266 g/mol. The highest BCUT2D eigenvalue weighted by Crippen LogP contribution is 2.29. The average molecular weight is 283 g/mol. The number of imidazole rings is 1. The number of nitrogens with two attached hydrogens (primary N) is 1. The minimum absolute atomic E-state index is 0.828. The van der Waals surface area contributed by atoms with Crippen LogP contribution in [0, 0.1) is 13.8 Å². The predicted octanol–water partition coefficient (Wildman–Crippen LogP) is 3.83. The van der Waals surface area contributed by atoms with Crippen molar-refractivity contribution in [1.29, 1.82) is 0 Å². The van der Waals surface area contributed by atoms with Crippen LogP contribution in [0.3, 0.4) is 0 Å². The molecular formula is C16H17N3S. The standard InChI is InChI=1S/C16H17N3S/c1-11-5-6-14(17)15(8-11)20-10-13-9-19-7-3-4-12(2)16(19)18-13/h3-9H,10,17H2,1-2H3. The summed E-state index contributed by atoms with van der Waals surface area (Å²) in [6.45, 7) is 4.16. The largest absolute Gasteiger partial charge is 0.398 e. The van der Waals surface area contributed by atoms with Crippen molar-refractivity contribution in [2.45, 2.75) is 24.5 Å². The molecule has 2 heterocycles. The molecule has 0 aliphatic carbocycles. The van der Waals surface area contributed by atoms with Gasteiger partial charge in [-0.1, -0.05) is 12.1 Å². The molecule has 3 rings (SSSR count). The van der Waals surface area contributed by atoms with E-state index in [-0.39, 0.29) is 0 Å². The van der Waals surface area contributed by atoms with Crippen molar-refractivity contribution in [2.24, 2.45) is 0 Å². The number of benzene rings is 1. The molecule has 20 heavy (non-hydrogen) atoms. The summed E-state index contributed by atoms with van der Waals surface area (Å²) < 4.78 is 2.07. The third-order valence-corrected chi connectivity index (χ3v) is 4.38. The van der Waals surface area contributed by atoms with Gasteiger partial charge in [0.05, 0.1) is 5.69 Å². The zero-order valence-corrected chi connectivity index (χ0v) is 12.4. The lowest BCUT2D eigenvalue weighted by molar-refractivity contribution is 1.16. The maximum absolute atomic E-state index is 6.01. The van der Waals surface area contributed by atoms with E-state index < -0.39 is 0 Å². The number of hydrogen-bond donors (Lipinski definition) is 1. The van der Waals surface area contributed by atoms with Crippen molar-refractivity contribution >= 4 is 23.1 Å². The summed E-state index contributed by atoms with van der Waals surface area (Å²) in [4.78, 5) is 5.80. The fourth-order valence-corrected chi connectivity index (χ4v) is 3.14. The van der Waals surface area contributed by atoms with Crippen LogP contribution in [0.25, 0.3) is 5.65 Å². The van der Waals surface area contributed by atoms with E-state index in [1.165, 1.54) is 11.1 Å². The fourth-order valence-electron chi connectivity index (χ4n) is 2.19. The molecule has 0 aliphatic rings. The van der Waals surface area contributed by atoms with Crippen LogP contribution < -0.4 is 5.73 Å². The second kappa shape index (κ2) is 5.21. The van der Waals surface area contributed by atoms with Gasteiger partial charge >= 0.3 is 0 Å². The molecule has 2 aromatic heterocycles. The molecule has 0 saturated heterocycles. The van der Waals surface area contributed by atoms with Crippen LogP contribution in [0.4, 0.5) is 5.69 Å². The molecule has 0 atom stereocenters. The molecule has 2 N–H and O–H groups in total. The van der Waals surface area contributed by atoms with Gasteiger partial charge < -0.3 is 10.1 Å². The number of aryl methyl sites for hydroxylation is 2. The van der Waals surface area contributed by atoms with Crippen LogP contribution in [0.5, 0.6) is 0 Å².